The summed E-state index contributed by atoms with van der Waals surface area (Å²) in [7, 11) is 5.67. The standard InChI is InChI=1S/C8H15N5O/c1-12(2)4-5-13(3)8(14)7-9-6-10-11-7/h6H,4-5H2,1-3H3,(H,9,10,11). The summed E-state index contributed by atoms with van der Waals surface area (Å²) in [4.78, 5) is 19.0. The first-order chi connectivity index (χ1) is 6.61. The summed E-state index contributed by atoms with van der Waals surface area (Å²) in [6, 6.07) is 0. The quantitative estimate of drug-likeness (QED) is 0.702. The third-order valence-corrected chi connectivity index (χ3v) is 1.85. The highest BCUT2D eigenvalue weighted by molar-refractivity contribution is 5.90. The Bertz CT molecular complexity index is 282. The van der Waals surface area contributed by atoms with Crippen LogP contribution in [0, 0.1) is 0 Å². The van der Waals surface area contributed by atoms with Gasteiger partial charge in [0.15, 0.2) is 0 Å². The van der Waals surface area contributed by atoms with Gasteiger partial charge in [0.25, 0.3) is 5.91 Å². The van der Waals surface area contributed by atoms with E-state index < -0.39 is 0 Å². The van der Waals surface area contributed by atoms with Gasteiger partial charge in [-0.25, -0.2) is 4.98 Å². The molecule has 1 amide bonds. The fourth-order valence-corrected chi connectivity index (χ4v) is 0.941. The number of aromatic nitrogens is 3. The Morgan fingerprint density at radius 3 is 2.64 bits per heavy atom. The summed E-state index contributed by atoms with van der Waals surface area (Å²) in [5.74, 6) is 0.149. The predicted molar refractivity (Wildman–Crippen MR) is 51.9 cm³/mol. The zero-order chi connectivity index (χ0) is 10.6. The lowest BCUT2D eigenvalue weighted by molar-refractivity contribution is 0.0775. The number of hydrogen-bond donors (Lipinski definition) is 1. The van der Waals surface area contributed by atoms with Gasteiger partial charge >= 0.3 is 0 Å². The van der Waals surface area contributed by atoms with Crippen LogP contribution in [0.25, 0.3) is 0 Å². The SMILES string of the molecule is CN(C)CCN(C)C(=O)c1ncn[nH]1. The van der Waals surface area contributed by atoms with Crippen LogP contribution in [0.4, 0.5) is 0 Å². The van der Waals surface area contributed by atoms with E-state index in [0.29, 0.717) is 6.54 Å². The van der Waals surface area contributed by atoms with E-state index in [1.807, 2.05) is 19.0 Å². The number of nitrogens with one attached hydrogen (secondary N) is 1. The van der Waals surface area contributed by atoms with Crippen LogP contribution < -0.4 is 0 Å². The first-order valence-corrected chi connectivity index (χ1v) is 4.37. The van der Waals surface area contributed by atoms with Crippen LogP contribution in [0.2, 0.25) is 0 Å². The van der Waals surface area contributed by atoms with Crippen LogP contribution in [-0.4, -0.2) is 65.1 Å². The largest absolute Gasteiger partial charge is 0.338 e. The van der Waals surface area contributed by atoms with Crippen LogP contribution in [-0.2, 0) is 0 Å². The van der Waals surface area contributed by atoms with E-state index in [4.69, 9.17) is 0 Å². The number of nitrogens with zero attached hydrogens (tertiary/aromatic N) is 4. The molecule has 6 heteroatoms. The Morgan fingerprint density at radius 2 is 2.14 bits per heavy atom. The van der Waals surface area contributed by atoms with Crippen molar-refractivity contribution in [2.24, 2.45) is 0 Å². The van der Waals surface area contributed by atoms with Crippen LogP contribution in [0.1, 0.15) is 10.6 Å². The van der Waals surface area contributed by atoms with Crippen molar-refractivity contribution in [3.05, 3.63) is 12.2 Å². The van der Waals surface area contributed by atoms with Crippen molar-refractivity contribution in [3.63, 3.8) is 0 Å². The molecule has 6 nitrogen and oxygen atoms in total. The van der Waals surface area contributed by atoms with E-state index in [1.54, 1.807) is 11.9 Å². The highest BCUT2D eigenvalue weighted by Crippen LogP contribution is 1.94. The van der Waals surface area contributed by atoms with Gasteiger partial charge in [0, 0.05) is 20.1 Å². The third kappa shape index (κ3) is 2.81. The van der Waals surface area contributed by atoms with Gasteiger partial charge in [0.1, 0.15) is 6.33 Å². The van der Waals surface area contributed by atoms with Gasteiger partial charge in [0.2, 0.25) is 5.82 Å². The Balaban J connectivity index is 2.45. The van der Waals surface area contributed by atoms with E-state index >= 15 is 0 Å². The summed E-state index contributed by atoms with van der Waals surface area (Å²) in [6.45, 7) is 1.50. The number of likely N-dealkylation sites (N-methyl/N-ethyl adjacent to an activating group) is 2. The molecule has 0 bridgehead atoms. The number of aromatic amines is 1. The molecule has 0 aliphatic rings. The van der Waals surface area contributed by atoms with Crippen molar-refractivity contribution in [2.45, 2.75) is 0 Å². The van der Waals surface area contributed by atoms with Gasteiger partial charge < -0.3 is 9.80 Å². The average molecular weight is 197 g/mol. The molecule has 14 heavy (non-hydrogen) atoms. The fraction of sp³-hybridized carbons (Fsp3) is 0.625. The van der Waals surface area contributed by atoms with Crippen LogP contribution in [0.3, 0.4) is 0 Å². The minimum absolute atomic E-state index is 0.135. The zero-order valence-electron chi connectivity index (χ0n) is 8.69. The van der Waals surface area contributed by atoms with Crippen LogP contribution in [0.15, 0.2) is 6.33 Å². The Morgan fingerprint density at radius 1 is 1.43 bits per heavy atom. The number of carbonyl (C=O) groups is 1. The van der Waals surface area contributed by atoms with Gasteiger partial charge in [-0.2, -0.15) is 5.10 Å². The molecule has 0 saturated carbocycles. The maximum atomic E-state index is 11.6. The smallest absolute Gasteiger partial charge is 0.290 e. The second-order valence-corrected chi connectivity index (χ2v) is 3.36. The lowest BCUT2D eigenvalue weighted by Gasteiger charge is -2.18. The number of amides is 1. The van der Waals surface area contributed by atoms with Gasteiger partial charge in [-0.3, -0.25) is 9.89 Å². The zero-order valence-corrected chi connectivity index (χ0v) is 8.69. The molecule has 0 aliphatic carbocycles. The number of hydrogen-bond acceptors (Lipinski definition) is 4. The molecule has 1 aromatic rings. The summed E-state index contributed by atoms with van der Waals surface area (Å²) < 4.78 is 0. The lowest BCUT2D eigenvalue weighted by atomic mass is 10.4. The molecular formula is C8H15N5O. The number of H-pyrrole nitrogens is 1. The van der Waals surface area contributed by atoms with Gasteiger partial charge in [-0.1, -0.05) is 0 Å². The molecule has 0 atom stereocenters. The van der Waals surface area contributed by atoms with Gasteiger partial charge in [0.05, 0.1) is 0 Å². The van der Waals surface area contributed by atoms with E-state index in [2.05, 4.69) is 15.2 Å². The van der Waals surface area contributed by atoms with Crippen molar-refractivity contribution in [1.29, 1.82) is 0 Å². The second-order valence-electron chi connectivity index (χ2n) is 3.36. The minimum atomic E-state index is -0.135. The van der Waals surface area contributed by atoms with E-state index in [1.165, 1.54) is 6.33 Å². The second kappa shape index (κ2) is 4.71. The predicted octanol–water partition coefficient (Wildman–Crippen LogP) is -0.562. The molecule has 0 aromatic carbocycles. The minimum Gasteiger partial charge on any atom is -0.338 e. The fourth-order valence-electron chi connectivity index (χ4n) is 0.941. The molecule has 1 rings (SSSR count). The van der Waals surface area contributed by atoms with Crippen molar-refractivity contribution >= 4 is 5.91 Å². The number of carbonyl (C=O) groups excluding carboxylic acids is 1. The van der Waals surface area contributed by atoms with Gasteiger partial charge in [-0.15, -0.1) is 0 Å². The summed E-state index contributed by atoms with van der Waals surface area (Å²) in [6.07, 6.45) is 1.33. The Hall–Kier alpha value is -1.43. The molecule has 1 heterocycles. The molecule has 0 radical (unpaired) electrons. The molecule has 1 aromatic heterocycles. The highest BCUT2D eigenvalue weighted by Gasteiger charge is 2.13. The summed E-state index contributed by atoms with van der Waals surface area (Å²) in [5, 5.41) is 6.17. The Labute approximate surface area is 82.9 Å². The molecule has 1 N–H and O–H groups in total. The van der Waals surface area contributed by atoms with Crippen molar-refractivity contribution < 1.29 is 4.79 Å². The lowest BCUT2D eigenvalue weighted by Crippen LogP contribution is -2.34. The maximum Gasteiger partial charge on any atom is 0.290 e. The summed E-state index contributed by atoms with van der Waals surface area (Å²) in [5.41, 5.74) is 0. The van der Waals surface area contributed by atoms with Crippen LogP contribution in [0.5, 0.6) is 0 Å². The van der Waals surface area contributed by atoms with Crippen molar-refractivity contribution in [3.8, 4) is 0 Å². The van der Waals surface area contributed by atoms with Crippen LogP contribution >= 0.6 is 0 Å². The molecule has 0 aliphatic heterocycles. The number of rotatable bonds is 4. The Kier molecular flexibility index (Phi) is 3.58. The molecular weight excluding hydrogens is 182 g/mol. The highest BCUT2D eigenvalue weighted by atomic mass is 16.2. The first kappa shape index (κ1) is 10.6. The maximum absolute atomic E-state index is 11.6. The monoisotopic (exact) mass is 197 g/mol. The molecule has 0 fully saturated rings. The van der Waals surface area contributed by atoms with E-state index in [0.717, 1.165) is 6.54 Å². The van der Waals surface area contributed by atoms with E-state index in [-0.39, 0.29) is 11.7 Å². The van der Waals surface area contributed by atoms with Crippen molar-refractivity contribution in [1.82, 2.24) is 25.0 Å². The van der Waals surface area contributed by atoms with Gasteiger partial charge in [-0.05, 0) is 14.1 Å². The van der Waals surface area contributed by atoms with E-state index in [9.17, 15) is 4.79 Å². The summed E-state index contributed by atoms with van der Waals surface area (Å²) >= 11 is 0. The molecule has 0 spiro atoms. The average Bonchev–Trinajstić information content (AvgIpc) is 2.65. The first-order valence-electron chi connectivity index (χ1n) is 4.37. The third-order valence-electron chi connectivity index (χ3n) is 1.85. The molecule has 0 unspecified atom stereocenters. The molecule has 78 valence electrons. The topological polar surface area (TPSA) is 65.1 Å². The van der Waals surface area contributed by atoms with Crippen molar-refractivity contribution in [2.75, 3.05) is 34.2 Å². The normalized spacial score (nSPS) is 10.6. The molecule has 0 saturated heterocycles.